The van der Waals surface area contributed by atoms with Crippen LogP contribution < -0.4 is 0 Å². The number of rotatable bonds is 6. The third-order valence-electron chi connectivity index (χ3n) is 14.2. The number of fused-ring (bicyclic) bond motifs is 5. The topological polar surface area (TPSA) is 140 Å². The summed E-state index contributed by atoms with van der Waals surface area (Å²) >= 11 is 0. The van der Waals surface area contributed by atoms with E-state index in [2.05, 4.69) is 34.6 Å². The van der Waals surface area contributed by atoms with E-state index in [4.69, 9.17) is 19.3 Å². The van der Waals surface area contributed by atoms with Gasteiger partial charge < -0.3 is 29.5 Å². The van der Waals surface area contributed by atoms with Crippen LogP contribution in [0.5, 0.6) is 0 Å². The van der Waals surface area contributed by atoms with Gasteiger partial charge in [-0.25, -0.2) is 0 Å². The lowest BCUT2D eigenvalue weighted by Crippen LogP contribution is -2.70. The Morgan fingerprint density at radius 2 is 1.52 bits per heavy atom. The molecule has 11 atom stereocenters. The molecule has 5 fully saturated rings. The minimum Gasteiger partial charge on any atom is -0.481 e. The molecule has 3 N–H and O–H groups in total. The summed E-state index contributed by atoms with van der Waals surface area (Å²) in [6.45, 7) is 18.3. The van der Waals surface area contributed by atoms with Gasteiger partial charge in [-0.3, -0.25) is 14.4 Å². The van der Waals surface area contributed by atoms with E-state index >= 15 is 0 Å². The first kappa shape index (κ1) is 33.6. The molecule has 9 nitrogen and oxygen atoms in total. The first-order valence-corrected chi connectivity index (χ1v) is 16.8. The van der Waals surface area contributed by atoms with Crippen molar-refractivity contribution >= 4 is 17.9 Å². The Kier molecular flexibility index (Phi) is 7.95. The van der Waals surface area contributed by atoms with E-state index < -0.39 is 41.3 Å². The van der Waals surface area contributed by atoms with Gasteiger partial charge in [-0.15, -0.1) is 0 Å². The van der Waals surface area contributed by atoms with Crippen LogP contribution in [0.2, 0.25) is 0 Å². The average Bonchev–Trinajstić information content (AvgIpc) is 3.42. The number of aliphatic hydroxyl groups is 2. The molecule has 4 aliphatic carbocycles. The standard InChI is InChI=1S/C35H56O9/c1-20(36)42-21-18-23-31(6)13-11-24(43-27(39)19-26(37)38)29(2,3)22(31)10-14-32(23,7)33(8)16-17-35(41,28(21)33)34(9)15-12-25(44-34)30(4,5)40/h21-25,28,40-41H,10-19H2,1-9H3,(H,37,38)/t21-,22+,23+,24-,25-,28-,31+,32-,33-,34+,35+/m1/s1. The Balaban J connectivity index is 1.51. The van der Waals surface area contributed by atoms with Gasteiger partial charge in [0.05, 0.1) is 17.3 Å². The van der Waals surface area contributed by atoms with Crippen molar-refractivity contribution in [1.82, 2.24) is 0 Å². The maximum Gasteiger partial charge on any atom is 0.317 e. The van der Waals surface area contributed by atoms with Crippen LogP contribution >= 0.6 is 0 Å². The van der Waals surface area contributed by atoms with Gasteiger partial charge in [-0.2, -0.15) is 0 Å². The van der Waals surface area contributed by atoms with Crippen molar-refractivity contribution in [3.63, 3.8) is 0 Å². The van der Waals surface area contributed by atoms with Crippen LogP contribution in [0.3, 0.4) is 0 Å². The van der Waals surface area contributed by atoms with Crippen LogP contribution in [0.25, 0.3) is 0 Å². The molecule has 0 aromatic rings. The molecule has 250 valence electrons. The summed E-state index contributed by atoms with van der Waals surface area (Å²) < 4.78 is 18.6. The maximum atomic E-state index is 12.9. The molecule has 0 spiro atoms. The number of ether oxygens (including phenoxy) is 3. The van der Waals surface area contributed by atoms with Gasteiger partial charge in [-0.1, -0.05) is 34.6 Å². The second kappa shape index (κ2) is 10.4. The molecule has 0 radical (unpaired) electrons. The van der Waals surface area contributed by atoms with E-state index in [-0.39, 0.29) is 57.6 Å². The largest absolute Gasteiger partial charge is 0.481 e. The van der Waals surface area contributed by atoms with Crippen molar-refractivity contribution < 1.29 is 43.9 Å². The number of hydrogen-bond donors (Lipinski definition) is 3. The molecule has 0 amide bonds. The molecule has 44 heavy (non-hydrogen) atoms. The van der Waals surface area contributed by atoms with Gasteiger partial charge in [0.15, 0.2) is 0 Å². The highest BCUT2D eigenvalue weighted by Crippen LogP contribution is 2.77. The number of carboxylic acid groups (broad SMARTS) is 1. The Hall–Kier alpha value is -1.71. The summed E-state index contributed by atoms with van der Waals surface area (Å²) in [4.78, 5) is 36.2. The molecule has 0 aromatic carbocycles. The number of esters is 2. The van der Waals surface area contributed by atoms with Crippen LogP contribution in [0.4, 0.5) is 0 Å². The third kappa shape index (κ3) is 4.76. The fourth-order valence-corrected chi connectivity index (χ4v) is 11.9. The Morgan fingerprint density at radius 1 is 0.864 bits per heavy atom. The van der Waals surface area contributed by atoms with Crippen molar-refractivity contribution in [3.05, 3.63) is 0 Å². The zero-order chi connectivity index (χ0) is 32.9. The molecular formula is C35H56O9. The summed E-state index contributed by atoms with van der Waals surface area (Å²) in [7, 11) is 0. The fraction of sp³-hybridized carbons (Fsp3) is 0.914. The summed E-state index contributed by atoms with van der Waals surface area (Å²) in [5.41, 5.74) is -4.16. The molecule has 0 aromatic heterocycles. The first-order chi connectivity index (χ1) is 20.0. The molecule has 4 saturated carbocycles. The number of hydrogen-bond acceptors (Lipinski definition) is 8. The Morgan fingerprint density at radius 3 is 2.09 bits per heavy atom. The predicted molar refractivity (Wildman–Crippen MR) is 162 cm³/mol. The zero-order valence-corrected chi connectivity index (χ0v) is 28.3. The molecule has 0 unspecified atom stereocenters. The Bertz CT molecular complexity index is 1190. The molecule has 5 rings (SSSR count). The van der Waals surface area contributed by atoms with Gasteiger partial charge in [0.1, 0.15) is 24.2 Å². The lowest BCUT2D eigenvalue weighted by molar-refractivity contribution is -0.280. The van der Waals surface area contributed by atoms with E-state index in [9.17, 15) is 24.6 Å². The zero-order valence-electron chi connectivity index (χ0n) is 28.3. The number of carbonyl (C=O) groups is 3. The molecule has 9 heteroatoms. The van der Waals surface area contributed by atoms with E-state index in [1.54, 1.807) is 13.8 Å². The van der Waals surface area contributed by atoms with E-state index in [0.29, 0.717) is 32.1 Å². The van der Waals surface area contributed by atoms with Crippen molar-refractivity contribution in [2.75, 3.05) is 0 Å². The minimum atomic E-state index is -1.23. The van der Waals surface area contributed by atoms with Crippen LogP contribution in [-0.2, 0) is 28.6 Å². The monoisotopic (exact) mass is 620 g/mol. The lowest BCUT2D eigenvalue weighted by Gasteiger charge is -2.71. The SMILES string of the molecule is CC(=O)O[C@@H]1C[C@H]2[C@@]3(C)CC[C@@H](OC(=O)CC(=O)O)C(C)(C)[C@@H]3CC[C@@]2(C)[C@]2(C)CC[C@@](O)([C@]3(C)CC[C@H](C(C)(C)O)O3)[C@H]12. The lowest BCUT2D eigenvalue weighted by atomic mass is 9.35. The van der Waals surface area contributed by atoms with E-state index in [0.717, 1.165) is 25.7 Å². The Labute approximate surface area is 262 Å². The highest BCUT2D eigenvalue weighted by molar-refractivity contribution is 5.90. The van der Waals surface area contributed by atoms with Gasteiger partial charge >= 0.3 is 17.9 Å². The van der Waals surface area contributed by atoms with Crippen LogP contribution in [0.15, 0.2) is 0 Å². The van der Waals surface area contributed by atoms with E-state index in [1.165, 1.54) is 6.92 Å². The molecule has 1 aliphatic heterocycles. The maximum absolute atomic E-state index is 12.9. The average molecular weight is 621 g/mol. The van der Waals surface area contributed by atoms with Gasteiger partial charge in [-0.05, 0) is 107 Å². The minimum absolute atomic E-state index is 0.140. The quantitative estimate of drug-likeness (QED) is 0.262. The normalized spacial score (nSPS) is 48.1. The first-order valence-electron chi connectivity index (χ1n) is 16.8. The van der Waals surface area contributed by atoms with E-state index in [1.807, 2.05) is 6.92 Å². The van der Waals surface area contributed by atoms with Gasteiger partial charge in [0.25, 0.3) is 0 Å². The number of carbonyl (C=O) groups excluding carboxylic acids is 2. The summed E-state index contributed by atoms with van der Waals surface area (Å²) in [5.74, 6) is -2.15. The van der Waals surface area contributed by atoms with Crippen molar-refractivity contribution in [3.8, 4) is 0 Å². The predicted octanol–water partition coefficient (Wildman–Crippen LogP) is 5.42. The second-order valence-electron chi connectivity index (χ2n) is 17.2. The highest BCUT2D eigenvalue weighted by atomic mass is 16.6. The van der Waals surface area contributed by atoms with Crippen molar-refractivity contribution in [2.45, 2.75) is 162 Å². The molecule has 1 heterocycles. The number of aliphatic carboxylic acids is 1. The summed E-state index contributed by atoms with van der Waals surface area (Å²) in [6.07, 6.45) is 4.65. The third-order valence-corrected chi connectivity index (χ3v) is 14.2. The van der Waals surface area contributed by atoms with Crippen LogP contribution in [0.1, 0.15) is 127 Å². The second-order valence-corrected chi connectivity index (χ2v) is 17.2. The number of carboxylic acids is 1. The van der Waals surface area contributed by atoms with Gasteiger partial charge in [0.2, 0.25) is 0 Å². The fourth-order valence-electron chi connectivity index (χ4n) is 11.9. The highest BCUT2D eigenvalue weighted by Gasteiger charge is 2.76. The summed E-state index contributed by atoms with van der Waals surface area (Å²) in [5, 5.41) is 32.8. The summed E-state index contributed by atoms with van der Waals surface area (Å²) in [6, 6.07) is 0. The van der Waals surface area contributed by atoms with Crippen LogP contribution in [-0.4, -0.2) is 68.3 Å². The molecule has 0 bridgehead atoms. The molecular weight excluding hydrogens is 564 g/mol. The van der Waals surface area contributed by atoms with Crippen molar-refractivity contribution in [1.29, 1.82) is 0 Å². The smallest absolute Gasteiger partial charge is 0.317 e. The molecule has 5 aliphatic rings. The molecule has 1 saturated heterocycles. The van der Waals surface area contributed by atoms with Gasteiger partial charge in [0, 0.05) is 18.3 Å². The van der Waals surface area contributed by atoms with Crippen molar-refractivity contribution in [2.24, 2.45) is 39.4 Å². The van der Waals surface area contributed by atoms with Crippen LogP contribution in [0, 0.1) is 39.4 Å².